The highest BCUT2D eigenvalue weighted by Crippen LogP contribution is 2.30. The second-order valence-corrected chi connectivity index (χ2v) is 7.21. The molecule has 0 amide bonds. The van der Waals surface area contributed by atoms with E-state index in [0.29, 0.717) is 0 Å². The summed E-state index contributed by atoms with van der Waals surface area (Å²) in [5.41, 5.74) is 6.63. The van der Waals surface area contributed by atoms with E-state index in [1.54, 1.807) is 0 Å². The van der Waals surface area contributed by atoms with Gasteiger partial charge in [0.15, 0.2) is 0 Å². The zero-order valence-electron chi connectivity index (χ0n) is 17.3. The molecule has 2 aromatic carbocycles. The fourth-order valence-electron chi connectivity index (χ4n) is 2.91. The number of benzene rings is 2. The number of allylic oxidation sites excluding steroid dienone is 1. The first-order valence-electron chi connectivity index (χ1n) is 9.82. The molecule has 1 heterocycles. The first kappa shape index (κ1) is 20.3. The fraction of sp³-hybridized carbons (Fsp3) is 0.208. The molecule has 0 spiro atoms. The van der Waals surface area contributed by atoms with Crippen LogP contribution in [0.4, 0.5) is 17.1 Å². The van der Waals surface area contributed by atoms with E-state index in [-0.39, 0.29) is 0 Å². The summed E-state index contributed by atoms with van der Waals surface area (Å²) in [6, 6.07) is 20.7. The van der Waals surface area contributed by atoms with Crippen LogP contribution in [-0.4, -0.2) is 36.4 Å². The average molecular weight is 388 g/mol. The number of hydrogen-bond donors (Lipinski definition) is 3. The second-order valence-electron chi connectivity index (χ2n) is 7.21. The zero-order chi connectivity index (χ0) is 20.5. The van der Waals surface area contributed by atoms with Crippen molar-refractivity contribution in [3.8, 4) is 11.3 Å². The molecule has 3 N–H and O–H groups in total. The molecule has 0 bridgehead atoms. The summed E-state index contributed by atoms with van der Waals surface area (Å²) in [7, 11) is 2.03. The van der Waals surface area contributed by atoms with Gasteiger partial charge in [0, 0.05) is 60.9 Å². The molecule has 0 unspecified atom stereocenters. The van der Waals surface area contributed by atoms with Gasteiger partial charge in [-0.3, -0.25) is 0 Å². The van der Waals surface area contributed by atoms with Gasteiger partial charge in [0.2, 0.25) is 0 Å². The van der Waals surface area contributed by atoms with Crippen molar-refractivity contribution < 1.29 is 0 Å². The van der Waals surface area contributed by atoms with Gasteiger partial charge in [-0.05, 0) is 56.3 Å². The summed E-state index contributed by atoms with van der Waals surface area (Å²) in [6.45, 7) is 5.73. The molecule has 0 saturated carbocycles. The summed E-state index contributed by atoms with van der Waals surface area (Å²) in [6.07, 6.45) is 5.67. The first-order chi connectivity index (χ1) is 14.1. The van der Waals surface area contributed by atoms with Crippen LogP contribution >= 0.6 is 0 Å². The molecule has 0 fully saturated rings. The number of para-hydroxylation sites is 1. The molecule has 5 heteroatoms. The Balaban J connectivity index is 1.71. The number of aromatic nitrogens is 1. The molecule has 1 aromatic heterocycles. The van der Waals surface area contributed by atoms with Crippen molar-refractivity contribution in [2.24, 2.45) is 4.99 Å². The van der Waals surface area contributed by atoms with E-state index in [1.807, 2.05) is 63.9 Å². The number of aromatic amines is 1. The normalized spacial score (nSPS) is 10.7. The van der Waals surface area contributed by atoms with E-state index in [9.17, 15) is 0 Å². The van der Waals surface area contributed by atoms with Crippen LogP contribution in [-0.2, 0) is 0 Å². The number of anilines is 3. The van der Waals surface area contributed by atoms with E-state index >= 15 is 0 Å². The van der Waals surface area contributed by atoms with Gasteiger partial charge >= 0.3 is 0 Å². The Morgan fingerprint density at radius 3 is 2.59 bits per heavy atom. The van der Waals surface area contributed by atoms with Crippen molar-refractivity contribution in [2.75, 3.05) is 30.8 Å². The van der Waals surface area contributed by atoms with Crippen LogP contribution in [0.15, 0.2) is 83.6 Å². The summed E-state index contributed by atoms with van der Waals surface area (Å²) in [5, 5.41) is 7.05. The predicted octanol–water partition coefficient (Wildman–Crippen LogP) is 5.72. The molecule has 0 aliphatic carbocycles. The number of nitrogens with zero attached hydrogens (tertiary/aromatic N) is 2. The lowest BCUT2D eigenvalue weighted by Crippen LogP contribution is -2.23. The average Bonchev–Trinajstić information content (AvgIpc) is 3.23. The Morgan fingerprint density at radius 1 is 1.03 bits per heavy atom. The third kappa shape index (κ3) is 6.28. The van der Waals surface area contributed by atoms with Gasteiger partial charge in [-0.2, -0.15) is 0 Å². The van der Waals surface area contributed by atoms with Crippen LogP contribution < -0.4 is 10.6 Å². The maximum absolute atomic E-state index is 4.31. The van der Waals surface area contributed by atoms with Crippen molar-refractivity contribution in [3.63, 3.8) is 0 Å². The van der Waals surface area contributed by atoms with Gasteiger partial charge in [0.25, 0.3) is 0 Å². The number of rotatable bonds is 9. The molecule has 0 atom stereocenters. The van der Waals surface area contributed by atoms with Gasteiger partial charge in [0.05, 0.1) is 6.34 Å². The van der Waals surface area contributed by atoms with Crippen molar-refractivity contribution in [3.05, 3.63) is 78.6 Å². The molecule has 150 valence electrons. The Kier molecular flexibility index (Phi) is 7.11. The van der Waals surface area contributed by atoms with Crippen molar-refractivity contribution >= 4 is 23.4 Å². The molecular weight excluding hydrogens is 358 g/mol. The number of likely N-dealkylation sites (N-methyl/N-ethyl adjacent to an activating group) is 1. The maximum atomic E-state index is 4.31. The van der Waals surface area contributed by atoms with Crippen LogP contribution in [0.5, 0.6) is 0 Å². The molecule has 29 heavy (non-hydrogen) atoms. The van der Waals surface area contributed by atoms with Crippen LogP contribution in [0.1, 0.15) is 13.8 Å². The minimum Gasteiger partial charge on any atom is -0.383 e. The van der Waals surface area contributed by atoms with E-state index in [1.165, 1.54) is 5.57 Å². The summed E-state index contributed by atoms with van der Waals surface area (Å²) in [4.78, 5) is 9.69. The van der Waals surface area contributed by atoms with Gasteiger partial charge in [-0.15, -0.1) is 0 Å². The minimum atomic E-state index is 0.805. The third-order valence-corrected chi connectivity index (χ3v) is 4.35. The van der Waals surface area contributed by atoms with Crippen LogP contribution in [0.25, 0.3) is 11.3 Å². The van der Waals surface area contributed by atoms with Gasteiger partial charge in [-0.25, -0.2) is 4.99 Å². The predicted molar refractivity (Wildman–Crippen MR) is 125 cm³/mol. The fourth-order valence-corrected chi connectivity index (χ4v) is 2.91. The number of aliphatic imine (C=N–C) groups is 1. The largest absolute Gasteiger partial charge is 0.383 e. The smallest absolute Gasteiger partial charge is 0.0902 e. The molecule has 3 rings (SSSR count). The van der Waals surface area contributed by atoms with Crippen molar-refractivity contribution in [1.82, 2.24) is 9.88 Å². The molecule has 3 aromatic rings. The van der Waals surface area contributed by atoms with Crippen LogP contribution in [0.2, 0.25) is 0 Å². The highest BCUT2D eigenvalue weighted by molar-refractivity contribution is 5.80. The lowest BCUT2D eigenvalue weighted by molar-refractivity contribution is 0.538. The number of nitrogens with one attached hydrogen (secondary N) is 3. The monoisotopic (exact) mass is 387 g/mol. The third-order valence-electron chi connectivity index (χ3n) is 4.35. The topological polar surface area (TPSA) is 55.4 Å². The maximum Gasteiger partial charge on any atom is 0.0902 e. The molecule has 0 radical (unpaired) electrons. The van der Waals surface area contributed by atoms with Gasteiger partial charge in [0.1, 0.15) is 0 Å². The summed E-state index contributed by atoms with van der Waals surface area (Å²) < 4.78 is 0. The summed E-state index contributed by atoms with van der Waals surface area (Å²) in [5.74, 6) is 0. The standard InChI is InChI=1S/C24H29N5/c1-19(2)17-25-18-29(3)15-14-27-24-16-21(28-20-8-5-4-6-9-20)11-12-22(24)23-10-7-13-26-23/h4-13,16-18,26-28H,14-15H2,1-3H3/b25-18-. The highest BCUT2D eigenvalue weighted by atomic mass is 15.1. The number of hydrogen-bond acceptors (Lipinski definition) is 3. The minimum absolute atomic E-state index is 0.805. The molecule has 0 aliphatic rings. The van der Waals surface area contributed by atoms with Crippen LogP contribution in [0, 0.1) is 0 Å². The zero-order valence-corrected chi connectivity index (χ0v) is 17.3. The highest BCUT2D eigenvalue weighted by Gasteiger charge is 2.08. The molecule has 5 nitrogen and oxygen atoms in total. The Bertz CT molecular complexity index is 939. The number of H-pyrrole nitrogens is 1. The van der Waals surface area contributed by atoms with Crippen molar-refractivity contribution in [1.29, 1.82) is 0 Å². The van der Waals surface area contributed by atoms with E-state index in [4.69, 9.17) is 0 Å². The lowest BCUT2D eigenvalue weighted by atomic mass is 10.1. The van der Waals surface area contributed by atoms with Gasteiger partial charge in [-0.1, -0.05) is 23.8 Å². The summed E-state index contributed by atoms with van der Waals surface area (Å²) >= 11 is 0. The molecular formula is C24H29N5. The molecule has 0 aliphatic heterocycles. The Hall–Kier alpha value is -3.47. The Labute approximate surface area is 173 Å². The van der Waals surface area contributed by atoms with E-state index in [2.05, 4.69) is 61.9 Å². The van der Waals surface area contributed by atoms with E-state index < -0.39 is 0 Å². The Morgan fingerprint density at radius 2 is 1.86 bits per heavy atom. The van der Waals surface area contributed by atoms with Gasteiger partial charge < -0.3 is 20.5 Å². The van der Waals surface area contributed by atoms with E-state index in [0.717, 1.165) is 41.4 Å². The SMILES string of the molecule is CC(C)=C/N=C\N(C)CCNc1cc(Nc2ccccc2)ccc1-c1ccc[nH]1. The van der Waals surface area contributed by atoms with Crippen molar-refractivity contribution in [2.45, 2.75) is 13.8 Å². The second kappa shape index (κ2) is 10.2. The van der Waals surface area contributed by atoms with Crippen LogP contribution in [0.3, 0.4) is 0 Å². The first-order valence-corrected chi connectivity index (χ1v) is 9.82. The molecule has 0 saturated heterocycles. The lowest BCUT2D eigenvalue weighted by Gasteiger charge is -2.17. The quantitative estimate of drug-likeness (QED) is 0.325.